The molecule has 1 amide bonds. The Morgan fingerprint density at radius 2 is 1.49 bits per heavy atom. The molecule has 0 aromatic heterocycles. The molecule has 2 saturated carbocycles. The lowest BCUT2D eigenvalue weighted by Crippen LogP contribution is -2.63. The average Bonchev–Trinajstić information content (AvgIpc) is 4.09. The minimum atomic E-state index is -1.65. The molecule has 5 aliphatic rings. The fraction of sp³-hybridized carbons (Fsp3) is 0.763. The summed E-state index contributed by atoms with van der Waals surface area (Å²) >= 11 is 0. The van der Waals surface area contributed by atoms with E-state index in [-0.39, 0.29) is 43.2 Å². The molecule has 2 aliphatic heterocycles. The molecular formula is C59H91NO13. The highest BCUT2D eigenvalue weighted by Gasteiger charge is 2.62. The van der Waals surface area contributed by atoms with Crippen LogP contribution in [0.1, 0.15) is 195 Å². The van der Waals surface area contributed by atoms with Crippen molar-refractivity contribution in [2.45, 2.75) is 244 Å². The van der Waals surface area contributed by atoms with Crippen LogP contribution in [0, 0.1) is 28.6 Å². The quantitative estimate of drug-likeness (QED) is 0.0225. The number of allylic oxidation sites excluding steroid dienone is 2. The van der Waals surface area contributed by atoms with E-state index in [4.69, 9.17) is 28.4 Å². The zero-order valence-corrected chi connectivity index (χ0v) is 45.5. The Kier molecular flexibility index (Phi) is 21.6. The molecule has 3 aliphatic carbocycles. The number of amides is 1. The number of epoxide rings is 1. The minimum absolute atomic E-state index is 0.0278. The number of rotatable bonds is 26. The van der Waals surface area contributed by atoms with Crippen molar-refractivity contribution in [1.82, 2.24) is 5.32 Å². The Hall–Kier alpha value is -3.66. The van der Waals surface area contributed by atoms with Crippen LogP contribution in [0.4, 0.5) is 4.79 Å². The first-order valence-corrected chi connectivity index (χ1v) is 28.1. The average molecular weight is 1020 g/mol. The van der Waals surface area contributed by atoms with Crippen LogP contribution in [0.3, 0.4) is 0 Å². The van der Waals surface area contributed by atoms with Crippen LogP contribution in [0.25, 0.3) is 0 Å². The first-order valence-electron chi connectivity index (χ1n) is 28.1. The summed E-state index contributed by atoms with van der Waals surface area (Å²) < 4.78 is 35.7. The maximum atomic E-state index is 14.9. The third-order valence-electron chi connectivity index (χ3n) is 16.7. The Balaban J connectivity index is 1.08. The second-order valence-corrected chi connectivity index (χ2v) is 23.5. The minimum Gasteiger partial charge on any atom is -0.466 e. The Morgan fingerprint density at radius 1 is 0.863 bits per heavy atom. The van der Waals surface area contributed by atoms with Gasteiger partial charge in [-0.2, -0.15) is 0 Å². The molecule has 2 saturated heterocycles. The number of unbranched alkanes of at least 4 members (excludes halogenated alkanes) is 12. The summed E-state index contributed by atoms with van der Waals surface area (Å²) in [7, 11) is 0. The molecule has 13 atom stereocenters. The van der Waals surface area contributed by atoms with Crippen LogP contribution in [0.5, 0.6) is 0 Å². The first kappa shape index (κ1) is 58.6. The number of hydrogen-bond acceptors (Lipinski definition) is 13. The molecular weight excluding hydrogens is 931 g/mol. The van der Waals surface area contributed by atoms with Gasteiger partial charge < -0.3 is 49.1 Å². The van der Waals surface area contributed by atoms with Gasteiger partial charge in [-0.3, -0.25) is 9.59 Å². The summed E-state index contributed by atoms with van der Waals surface area (Å²) in [5.41, 5.74) is -1.79. The predicted molar refractivity (Wildman–Crippen MR) is 278 cm³/mol. The standard InChI is InChI=1S/C59H91NO13/c1-9-10-11-12-13-14-15-16-17-18-19-20-21-22-23-27-34-68-48(63)33-32-44-55(71-44)72-52(50(39-28-25-24-26-29-39)60-56(67)73-57(3,4)5)54(66)70-45-35-43(61)42-31-30-41-40-37-69-46(40)36-47(62)59(41,8)53(65)51(64)49(38(45)2)58(42,6)7/h16-17,24-26,28-29,40-47,50-52,55,61-62,64H,9-15,18-23,27,30-37H2,1-8H3,(H,60,67)/b17-16-/t40-,41+,42?,43?,44?,45-,46+,47-,50?,51+,52+,55?,59-/m0/s1. The second kappa shape index (κ2) is 26.9. The smallest absolute Gasteiger partial charge is 0.408 e. The predicted octanol–water partition coefficient (Wildman–Crippen LogP) is 10.5. The number of benzene rings is 1. The van der Waals surface area contributed by atoms with Crippen LogP contribution in [-0.4, -0.2) is 107 Å². The number of hydrogen-bond donors (Lipinski definition) is 4. The van der Waals surface area contributed by atoms with E-state index in [1.165, 1.54) is 64.2 Å². The number of nitrogens with one attached hydrogen (secondary N) is 1. The maximum Gasteiger partial charge on any atom is 0.408 e. The number of ketones is 1. The molecule has 2 heterocycles. The summed E-state index contributed by atoms with van der Waals surface area (Å²) in [5.74, 6) is -2.38. The normalized spacial score (nSPS) is 30.6. The van der Waals surface area contributed by atoms with Gasteiger partial charge in [0.05, 0.1) is 43.0 Å². The van der Waals surface area contributed by atoms with E-state index in [9.17, 15) is 34.5 Å². The third-order valence-corrected chi connectivity index (χ3v) is 16.7. The Morgan fingerprint density at radius 3 is 2.12 bits per heavy atom. The van der Waals surface area contributed by atoms with Crippen molar-refractivity contribution in [3.8, 4) is 0 Å². The van der Waals surface area contributed by atoms with Gasteiger partial charge in [-0.1, -0.05) is 121 Å². The summed E-state index contributed by atoms with van der Waals surface area (Å²) in [6, 6.07) is 7.65. The van der Waals surface area contributed by atoms with E-state index >= 15 is 0 Å². The van der Waals surface area contributed by atoms with Gasteiger partial charge in [-0.15, -0.1) is 0 Å². The Bertz CT molecular complexity index is 2010. The summed E-state index contributed by atoms with van der Waals surface area (Å²) in [4.78, 5) is 56.0. The fourth-order valence-corrected chi connectivity index (χ4v) is 12.3. The van der Waals surface area contributed by atoms with E-state index in [2.05, 4.69) is 24.4 Å². The van der Waals surface area contributed by atoms with Gasteiger partial charge in [0.15, 0.2) is 18.2 Å². The number of alkyl carbamates (subject to hydrolysis) is 1. The van der Waals surface area contributed by atoms with Gasteiger partial charge in [0, 0.05) is 25.2 Å². The number of carbonyl (C=O) groups excluding carboxylic acids is 4. The molecule has 4 fully saturated rings. The molecule has 1 aromatic carbocycles. The Labute approximate surface area is 436 Å². The number of aliphatic hydroxyl groups is 3. The number of carbonyl (C=O) groups is 4. The number of ether oxygens (including phenoxy) is 6. The van der Waals surface area contributed by atoms with E-state index in [0.717, 1.165) is 25.7 Å². The van der Waals surface area contributed by atoms with E-state index in [0.29, 0.717) is 49.2 Å². The van der Waals surface area contributed by atoms with Crippen molar-refractivity contribution in [3.63, 3.8) is 0 Å². The van der Waals surface area contributed by atoms with Crippen molar-refractivity contribution < 1.29 is 62.9 Å². The molecule has 1 aromatic rings. The molecule has 14 nitrogen and oxygen atoms in total. The van der Waals surface area contributed by atoms with Gasteiger partial charge >= 0.3 is 18.0 Å². The molecule has 6 rings (SSSR count). The molecule has 0 radical (unpaired) electrons. The lowest BCUT2D eigenvalue weighted by Gasteiger charge is -2.56. The van der Waals surface area contributed by atoms with Gasteiger partial charge in [0.2, 0.25) is 0 Å². The van der Waals surface area contributed by atoms with Crippen LogP contribution in [0.15, 0.2) is 53.6 Å². The maximum absolute atomic E-state index is 14.9. The van der Waals surface area contributed by atoms with Crippen molar-refractivity contribution in [2.75, 3.05) is 13.2 Å². The summed E-state index contributed by atoms with van der Waals surface area (Å²) in [5, 5.41) is 38.9. The molecule has 0 spiro atoms. The van der Waals surface area contributed by atoms with Gasteiger partial charge in [0.25, 0.3) is 0 Å². The summed E-state index contributed by atoms with van der Waals surface area (Å²) in [6.45, 7) is 15.5. The summed E-state index contributed by atoms with van der Waals surface area (Å²) in [6.07, 6.45) is 14.3. The van der Waals surface area contributed by atoms with Crippen molar-refractivity contribution >= 4 is 23.8 Å². The highest BCUT2D eigenvalue weighted by Crippen LogP contribution is 2.57. The van der Waals surface area contributed by atoms with Crippen LogP contribution < -0.4 is 5.32 Å². The van der Waals surface area contributed by atoms with E-state index in [1.54, 1.807) is 65.0 Å². The van der Waals surface area contributed by atoms with Crippen molar-refractivity contribution in [2.24, 2.45) is 28.6 Å². The topological polar surface area (TPSA) is 200 Å². The SMILES string of the molecule is CCCCCCCC/C=C\CCCCCCCCOC(=O)CCC1OC1O[C@@H](C(=O)O[C@H]1CC(O)C2CC[C@@H]3[C@@H]4CO[C@@H]4C[C@H](O)[C@@]3(C)C(=O)[C@H](O)C(=C1C)C2(C)C)C(NC(=O)OC(C)(C)C)c1ccccc1. The van der Waals surface area contributed by atoms with Gasteiger partial charge in [0.1, 0.15) is 23.9 Å². The second-order valence-electron chi connectivity index (χ2n) is 23.5. The van der Waals surface area contributed by atoms with Gasteiger partial charge in [-0.25, -0.2) is 9.59 Å². The zero-order chi connectivity index (χ0) is 52.9. The van der Waals surface area contributed by atoms with E-state index in [1.807, 2.05) is 13.8 Å². The number of Topliss-reactive ketones (excluding diaryl/α,β-unsaturated/α-hetero) is 1. The lowest BCUT2D eigenvalue weighted by molar-refractivity contribution is -0.225. The molecule has 73 heavy (non-hydrogen) atoms. The number of aliphatic hydroxyl groups excluding tert-OH is 3. The highest BCUT2D eigenvalue weighted by atomic mass is 16.8. The number of esters is 2. The van der Waals surface area contributed by atoms with Crippen molar-refractivity contribution in [1.29, 1.82) is 0 Å². The highest BCUT2D eigenvalue weighted by molar-refractivity contribution is 5.92. The molecule has 410 valence electrons. The lowest BCUT2D eigenvalue weighted by atomic mass is 9.55. The van der Waals surface area contributed by atoms with E-state index < -0.39 is 89.2 Å². The fourth-order valence-electron chi connectivity index (χ4n) is 12.3. The largest absolute Gasteiger partial charge is 0.466 e. The third kappa shape index (κ3) is 15.5. The molecule has 5 unspecified atom stereocenters. The van der Waals surface area contributed by atoms with Gasteiger partial charge in [-0.05, 0) is 120 Å². The molecule has 2 bridgehead atoms. The molecule has 4 N–H and O–H groups in total. The van der Waals surface area contributed by atoms with Crippen LogP contribution in [0.2, 0.25) is 0 Å². The van der Waals surface area contributed by atoms with Crippen LogP contribution in [-0.2, 0) is 42.8 Å². The first-order chi connectivity index (χ1) is 34.8. The number of fused-ring (bicyclic) bond motifs is 5. The monoisotopic (exact) mass is 1020 g/mol. The van der Waals surface area contributed by atoms with Crippen LogP contribution >= 0.6 is 0 Å². The molecule has 14 heteroatoms. The van der Waals surface area contributed by atoms with Crippen molar-refractivity contribution in [3.05, 3.63) is 59.2 Å². The zero-order valence-electron chi connectivity index (χ0n) is 45.5.